The second-order valence-corrected chi connectivity index (χ2v) is 6.39. The van der Waals surface area contributed by atoms with Gasteiger partial charge in [0, 0.05) is 0 Å². The van der Waals surface area contributed by atoms with E-state index in [0.29, 0.717) is 0 Å². The van der Waals surface area contributed by atoms with Crippen LogP contribution in [0.25, 0.3) is 0 Å². The highest BCUT2D eigenvalue weighted by Crippen LogP contribution is 2.16. The maximum absolute atomic E-state index is 3.87. The van der Waals surface area contributed by atoms with Crippen molar-refractivity contribution in [1.82, 2.24) is 0 Å². The first-order valence-electron chi connectivity index (χ1n) is 4.49. The molecule has 0 spiro atoms. The Morgan fingerprint density at radius 2 is 2.45 bits per heavy atom. The van der Waals surface area contributed by atoms with Gasteiger partial charge < -0.3 is 5.73 Å². The van der Waals surface area contributed by atoms with Gasteiger partial charge in [0.1, 0.15) is 0 Å². The van der Waals surface area contributed by atoms with E-state index in [1.54, 1.807) is 5.20 Å². The maximum atomic E-state index is 3.87. The van der Waals surface area contributed by atoms with E-state index >= 15 is 0 Å². The van der Waals surface area contributed by atoms with Crippen LogP contribution >= 0.6 is 0 Å². The molecular formula is C9H18NSi+. The molecule has 11 heavy (non-hydrogen) atoms. The zero-order valence-electron chi connectivity index (χ0n) is 7.34. The van der Waals surface area contributed by atoms with Crippen LogP contribution in [0.5, 0.6) is 0 Å². The van der Waals surface area contributed by atoms with Crippen molar-refractivity contribution in [2.45, 2.75) is 25.4 Å². The Morgan fingerprint density at radius 1 is 1.64 bits per heavy atom. The summed E-state index contributed by atoms with van der Waals surface area (Å²) < 4.78 is 0. The highest BCUT2D eigenvalue weighted by molar-refractivity contribution is 6.65. The van der Waals surface area contributed by atoms with Crippen LogP contribution in [0.1, 0.15) is 12.8 Å². The smallest absolute Gasteiger partial charge is 0.0737 e. The summed E-state index contributed by atoms with van der Waals surface area (Å²) in [5.41, 5.74) is 3.87. The second kappa shape index (κ2) is 4.52. The highest BCUT2D eigenvalue weighted by Gasteiger charge is 2.10. The number of quaternary nitrogens is 1. The average molecular weight is 168 g/mol. The van der Waals surface area contributed by atoms with Gasteiger partial charge in [0.25, 0.3) is 0 Å². The quantitative estimate of drug-likeness (QED) is 0.604. The first-order chi connectivity index (χ1) is 5.34. The Morgan fingerprint density at radius 3 is 3.00 bits per heavy atom. The standard InChI is InChI=1S/C9H17NSi/c1-11(8-4-7-10)9-5-2-3-6-9/h2-3,5,11H,4,6-8,10H2,1H3/p+1. The normalized spacial score (nSPS) is 18.5. The molecule has 0 saturated heterocycles. The number of allylic oxidation sites excluding steroid dienone is 4. The van der Waals surface area contributed by atoms with E-state index in [-0.39, 0.29) is 0 Å². The van der Waals surface area contributed by atoms with Crippen LogP contribution in [0.15, 0.2) is 23.4 Å². The predicted octanol–water partition coefficient (Wildman–Crippen LogP) is 0.901. The van der Waals surface area contributed by atoms with Gasteiger partial charge in [0.05, 0.1) is 15.3 Å². The van der Waals surface area contributed by atoms with Gasteiger partial charge in [-0.2, -0.15) is 0 Å². The molecule has 1 rings (SSSR count). The van der Waals surface area contributed by atoms with Gasteiger partial charge in [-0.25, -0.2) is 0 Å². The fourth-order valence-corrected chi connectivity index (χ4v) is 3.72. The number of hydrogen-bond acceptors (Lipinski definition) is 0. The van der Waals surface area contributed by atoms with Crippen LogP contribution in [0.2, 0.25) is 12.6 Å². The van der Waals surface area contributed by atoms with Crippen molar-refractivity contribution in [1.29, 1.82) is 0 Å². The van der Waals surface area contributed by atoms with Crippen molar-refractivity contribution in [3.8, 4) is 0 Å². The summed E-state index contributed by atoms with van der Waals surface area (Å²) in [6.07, 6.45) is 9.35. The summed E-state index contributed by atoms with van der Waals surface area (Å²) in [6, 6.07) is 1.44. The van der Waals surface area contributed by atoms with Gasteiger partial charge in [-0.05, 0) is 12.8 Å². The Balaban J connectivity index is 2.24. The molecule has 2 heteroatoms. The molecule has 0 aromatic carbocycles. The largest absolute Gasteiger partial charge is 0.358 e. The molecule has 3 N–H and O–H groups in total. The molecule has 0 amide bonds. The highest BCUT2D eigenvalue weighted by atomic mass is 28.3. The molecule has 0 heterocycles. The first-order valence-corrected chi connectivity index (χ1v) is 7.04. The van der Waals surface area contributed by atoms with Crippen LogP contribution in [-0.4, -0.2) is 15.3 Å². The Bertz CT molecular complexity index is 172. The van der Waals surface area contributed by atoms with Gasteiger partial charge in [-0.3, -0.25) is 0 Å². The summed E-state index contributed by atoms with van der Waals surface area (Å²) in [4.78, 5) is 0. The molecule has 0 aromatic heterocycles. The van der Waals surface area contributed by atoms with Crippen LogP contribution in [0, 0.1) is 0 Å². The fraction of sp³-hybridized carbons (Fsp3) is 0.556. The molecule has 0 aromatic rings. The third-order valence-corrected chi connectivity index (χ3v) is 5.29. The lowest BCUT2D eigenvalue weighted by molar-refractivity contribution is -0.367. The average Bonchev–Trinajstić information content (AvgIpc) is 2.52. The van der Waals surface area contributed by atoms with Crippen molar-refractivity contribution in [3.05, 3.63) is 23.4 Å². The monoisotopic (exact) mass is 168 g/mol. The molecule has 0 saturated carbocycles. The van der Waals surface area contributed by atoms with E-state index in [0.717, 1.165) is 6.54 Å². The van der Waals surface area contributed by atoms with E-state index in [2.05, 4.69) is 30.5 Å². The molecular weight excluding hydrogens is 150 g/mol. The van der Waals surface area contributed by atoms with Crippen molar-refractivity contribution < 1.29 is 5.73 Å². The molecule has 1 aliphatic carbocycles. The topological polar surface area (TPSA) is 27.6 Å². The second-order valence-electron chi connectivity index (χ2n) is 3.27. The van der Waals surface area contributed by atoms with E-state index in [9.17, 15) is 0 Å². The van der Waals surface area contributed by atoms with Crippen molar-refractivity contribution in [2.24, 2.45) is 0 Å². The molecule has 62 valence electrons. The maximum Gasteiger partial charge on any atom is 0.0737 e. The van der Waals surface area contributed by atoms with Gasteiger partial charge >= 0.3 is 0 Å². The van der Waals surface area contributed by atoms with Crippen LogP contribution < -0.4 is 5.73 Å². The zero-order chi connectivity index (χ0) is 8.10. The van der Waals surface area contributed by atoms with Crippen LogP contribution in [0.3, 0.4) is 0 Å². The van der Waals surface area contributed by atoms with E-state index < -0.39 is 8.80 Å². The Hall–Kier alpha value is -0.343. The van der Waals surface area contributed by atoms with Crippen molar-refractivity contribution in [2.75, 3.05) is 6.54 Å². The lowest BCUT2D eigenvalue weighted by Gasteiger charge is -2.08. The third kappa shape index (κ3) is 2.64. The molecule has 1 nitrogen and oxygen atoms in total. The fourth-order valence-electron chi connectivity index (χ4n) is 1.47. The molecule has 0 bridgehead atoms. The van der Waals surface area contributed by atoms with Crippen molar-refractivity contribution >= 4 is 8.80 Å². The molecule has 0 radical (unpaired) electrons. The zero-order valence-corrected chi connectivity index (χ0v) is 8.50. The summed E-state index contributed by atoms with van der Waals surface area (Å²) in [5.74, 6) is 0. The minimum Gasteiger partial charge on any atom is -0.358 e. The van der Waals surface area contributed by atoms with Crippen LogP contribution in [-0.2, 0) is 0 Å². The SMILES string of the molecule is C[SiH](CCC[NH3+])C1=CC=CC1. The van der Waals surface area contributed by atoms with E-state index in [4.69, 9.17) is 0 Å². The number of rotatable bonds is 4. The first kappa shape index (κ1) is 8.75. The van der Waals surface area contributed by atoms with Crippen LogP contribution in [0.4, 0.5) is 0 Å². The Labute approximate surface area is 70.6 Å². The molecule has 1 aliphatic rings. The minimum atomic E-state index is -0.514. The lowest BCUT2D eigenvalue weighted by Crippen LogP contribution is -2.50. The lowest BCUT2D eigenvalue weighted by atomic mass is 10.5. The summed E-state index contributed by atoms with van der Waals surface area (Å²) in [6.45, 7) is 3.56. The summed E-state index contributed by atoms with van der Waals surface area (Å²) in [5, 5.41) is 1.73. The summed E-state index contributed by atoms with van der Waals surface area (Å²) >= 11 is 0. The van der Waals surface area contributed by atoms with Crippen molar-refractivity contribution in [3.63, 3.8) is 0 Å². The van der Waals surface area contributed by atoms with E-state index in [1.165, 1.54) is 18.9 Å². The summed E-state index contributed by atoms with van der Waals surface area (Å²) in [7, 11) is -0.514. The Kier molecular flexibility index (Phi) is 3.59. The van der Waals surface area contributed by atoms with Gasteiger partial charge in [0.15, 0.2) is 0 Å². The van der Waals surface area contributed by atoms with Gasteiger partial charge in [0.2, 0.25) is 0 Å². The van der Waals surface area contributed by atoms with Gasteiger partial charge in [-0.15, -0.1) is 0 Å². The van der Waals surface area contributed by atoms with E-state index in [1.807, 2.05) is 0 Å². The minimum absolute atomic E-state index is 0.514. The van der Waals surface area contributed by atoms with Gasteiger partial charge in [-0.1, -0.05) is 36.0 Å². The molecule has 1 atom stereocenters. The molecule has 0 fully saturated rings. The molecule has 1 unspecified atom stereocenters. The number of hydrogen-bond donors (Lipinski definition) is 1. The molecule has 0 aliphatic heterocycles. The third-order valence-electron chi connectivity index (χ3n) is 2.32. The predicted molar refractivity (Wildman–Crippen MR) is 52.0 cm³/mol.